The number of primary amides is 1. The zero-order chi connectivity index (χ0) is 17.9. The third-order valence-corrected chi connectivity index (χ3v) is 4.01. The van der Waals surface area contributed by atoms with Crippen molar-refractivity contribution in [2.45, 2.75) is 26.9 Å². The lowest BCUT2D eigenvalue weighted by atomic mass is 10.1. The highest BCUT2D eigenvalue weighted by molar-refractivity contribution is 6.31. The molecule has 1 atom stereocenters. The SMILES string of the molecule is Cc1ccc(C(N)=O)c(O[C@@H](C)C(=O)Nc2cccc(Cl)c2C)c1. The van der Waals surface area contributed by atoms with Gasteiger partial charge in [-0.15, -0.1) is 0 Å². The van der Waals surface area contributed by atoms with Gasteiger partial charge in [0.15, 0.2) is 6.10 Å². The molecule has 0 heterocycles. The van der Waals surface area contributed by atoms with Crippen molar-refractivity contribution in [1.82, 2.24) is 0 Å². The number of ether oxygens (including phenoxy) is 1. The van der Waals surface area contributed by atoms with Crippen molar-refractivity contribution in [1.29, 1.82) is 0 Å². The highest BCUT2D eigenvalue weighted by atomic mass is 35.5. The van der Waals surface area contributed by atoms with E-state index in [1.165, 1.54) is 0 Å². The molecule has 24 heavy (non-hydrogen) atoms. The third kappa shape index (κ3) is 4.06. The summed E-state index contributed by atoms with van der Waals surface area (Å²) < 4.78 is 5.65. The summed E-state index contributed by atoms with van der Waals surface area (Å²) in [5, 5.41) is 3.34. The fourth-order valence-corrected chi connectivity index (χ4v) is 2.33. The molecule has 0 aliphatic heterocycles. The van der Waals surface area contributed by atoms with Gasteiger partial charge in [-0.3, -0.25) is 9.59 Å². The van der Waals surface area contributed by atoms with Gasteiger partial charge in [-0.2, -0.15) is 0 Å². The van der Waals surface area contributed by atoms with Crippen molar-refractivity contribution < 1.29 is 14.3 Å². The number of anilines is 1. The molecule has 0 fully saturated rings. The van der Waals surface area contributed by atoms with Gasteiger partial charge >= 0.3 is 0 Å². The van der Waals surface area contributed by atoms with Gasteiger partial charge < -0.3 is 15.8 Å². The van der Waals surface area contributed by atoms with E-state index in [2.05, 4.69) is 5.32 Å². The van der Waals surface area contributed by atoms with Crippen molar-refractivity contribution in [3.8, 4) is 5.75 Å². The van der Waals surface area contributed by atoms with Gasteiger partial charge in [0.05, 0.1) is 5.56 Å². The summed E-state index contributed by atoms with van der Waals surface area (Å²) in [6, 6.07) is 10.3. The molecular formula is C18H19ClN2O3. The number of hydrogen-bond acceptors (Lipinski definition) is 3. The fraction of sp³-hybridized carbons (Fsp3) is 0.222. The summed E-state index contributed by atoms with van der Waals surface area (Å²) in [5.41, 5.74) is 7.86. The van der Waals surface area contributed by atoms with Crippen LogP contribution in [0.25, 0.3) is 0 Å². The second kappa shape index (κ2) is 7.36. The first-order chi connectivity index (χ1) is 11.3. The number of hydrogen-bond donors (Lipinski definition) is 2. The third-order valence-electron chi connectivity index (χ3n) is 3.60. The van der Waals surface area contributed by atoms with E-state index >= 15 is 0 Å². The first-order valence-corrected chi connectivity index (χ1v) is 7.80. The molecular weight excluding hydrogens is 328 g/mol. The monoisotopic (exact) mass is 346 g/mol. The van der Waals surface area contributed by atoms with Crippen LogP contribution in [-0.4, -0.2) is 17.9 Å². The van der Waals surface area contributed by atoms with Crippen molar-refractivity contribution in [2.24, 2.45) is 5.73 Å². The van der Waals surface area contributed by atoms with Crippen LogP contribution in [-0.2, 0) is 4.79 Å². The summed E-state index contributed by atoms with van der Waals surface area (Å²) in [7, 11) is 0. The Morgan fingerprint density at radius 1 is 1.21 bits per heavy atom. The Kier molecular flexibility index (Phi) is 5.46. The van der Waals surface area contributed by atoms with Crippen molar-refractivity contribution in [2.75, 3.05) is 5.32 Å². The minimum Gasteiger partial charge on any atom is -0.480 e. The van der Waals surface area contributed by atoms with Crippen molar-refractivity contribution in [3.05, 3.63) is 58.1 Å². The molecule has 0 aromatic heterocycles. The van der Waals surface area contributed by atoms with E-state index in [-0.39, 0.29) is 17.2 Å². The lowest BCUT2D eigenvalue weighted by Crippen LogP contribution is -2.31. The Hall–Kier alpha value is -2.53. The summed E-state index contributed by atoms with van der Waals surface area (Å²) in [4.78, 5) is 23.8. The van der Waals surface area contributed by atoms with Crippen molar-refractivity contribution >= 4 is 29.1 Å². The van der Waals surface area contributed by atoms with Crippen LogP contribution < -0.4 is 15.8 Å². The number of carbonyl (C=O) groups excluding carboxylic acids is 2. The summed E-state index contributed by atoms with van der Waals surface area (Å²) in [5.74, 6) is -0.673. The van der Waals surface area contributed by atoms with Crippen LogP contribution in [0.1, 0.15) is 28.4 Å². The summed E-state index contributed by atoms with van der Waals surface area (Å²) in [6.07, 6.45) is -0.816. The molecule has 6 heteroatoms. The van der Waals surface area contributed by atoms with E-state index in [1.54, 1.807) is 43.3 Å². The predicted molar refractivity (Wildman–Crippen MR) is 94.6 cm³/mol. The molecule has 2 aromatic rings. The van der Waals surface area contributed by atoms with Gasteiger partial charge in [0.1, 0.15) is 5.75 Å². The Morgan fingerprint density at radius 2 is 1.92 bits per heavy atom. The van der Waals surface area contributed by atoms with Gasteiger partial charge in [0.2, 0.25) is 0 Å². The number of nitrogens with two attached hydrogens (primary N) is 1. The topological polar surface area (TPSA) is 81.4 Å². The maximum atomic E-state index is 12.4. The Balaban J connectivity index is 2.16. The number of halogens is 1. The average molecular weight is 347 g/mol. The van der Waals surface area contributed by atoms with Gasteiger partial charge in [-0.05, 0) is 56.2 Å². The second-order valence-corrected chi connectivity index (χ2v) is 5.93. The van der Waals surface area contributed by atoms with E-state index < -0.39 is 12.0 Å². The minimum absolute atomic E-state index is 0.235. The summed E-state index contributed by atoms with van der Waals surface area (Å²) >= 11 is 6.05. The quantitative estimate of drug-likeness (QED) is 0.869. The molecule has 126 valence electrons. The molecule has 0 saturated heterocycles. The van der Waals surface area contributed by atoms with Crippen LogP contribution in [0.2, 0.25) is 5.02 Å². The highest BCUT2D eigenvalue weighted by Gasteiger charge is 2.19. The van der Waals surface area contributed by atoms with E-state index in [0.29, 0.717) is 10.7 Å². The number of nitrogens with one attached hydrogen (secondary N) is 1. The molecule has 0 radical (unpaired) electrons. The van der Waals surface area contributed by atoms with Crippen LogP contribution >= 0.6 is 11.6 Å². The van der Waals surface area contributed by atoms with Crippen LogP contribution in [0.4, 0.5) is 5.69 Å². The predicted octanol–water partition coefficient (Wildman–Crippen LogP) is 3.46. The molecule has 2 aromatic carbocycles. The van der Waals surface area contributed by atoms with Crippen LogP contribution in [0.5, 0.6) is 5.75 Å². The Morgan fingerprint density at radius 3 is 2.58 bits per heavy atom. The smallest absolute Gasteiger partial charge is 0.265 e. The Bertz CT molecular complexity index is 790. The number of carbonyl (C=O) groups is 2. The lowest BCUT2D eigenvalue weighted by molar-refractivity contribution is -0.122. The number of amides is 2. The molecule has 0 aliphatic carbocycles. The summed E-state index contributed by atoms with van der Waals surface area (Å²) in [6.45, 7) is 5.27. The maximum Gasteiger partial charge on any atom is 0.265 e. The highest BCUT2D eigenvalue weighted by Crippen LogP contribution is 2.24. The molecule has 0 saturated carbocycles. The largest absolute Gasteiger partial charge is 0.480 e. The van der Waals surface area contributed by atoms with Gasteiger partial charge in [0, 0.05) is 10.7 Å². The molecule has 5 nitrogen and oxygen atoms in total. The minimum atomic E-state index is -0.816. The van der Waals surface area contributed by atoms with E-state index in [9.17, 15) is 9.59 Å². The van der Waals surface area contributed by atoms with E-state index in [4.69, 9.17) is 22.1 Å². The fourth-order valence-electron chi connectivity index (χ4n) is 2.15. The van der Waals surface area contributed by atoms with E-state index in [1.807, 2.05) is 13.8 Å². The number of rotatable bonds is 5. The van der Waals surface area contributed by atoms with Crippen LogP contribution in [0.3, 0.4) is 0 Å². The first kappa shape index (κ1) is 17.8. The van der Waals surface area contributed by atoms with Gasteiger partial charge in [-0.25, -0.2) is 0 Å². The molecule has 0 unspecified atom stereocenters. The van der Waals surface area contributed by atoms with Crippen LogP contribution in [0.15, 0.2) is 36.4 Å². The normalized spacial score (nSPS) is 11.7. The number of benzene rings is 2. The molecule has 2 rings (SSSR count). The standard InChI is InChI=1S/C18H19ClN2O3/c1-10-7-8-13(17(20)22)16(9-10)24-12(3)18(23)21-15-6-4-5-14(19)11(15)2/h4-9,12H,1-3H3,(H2,20,22)(H,21,23)/t12-/m0/s1. The maximum absolute atomic E-state index is 12.4. The zero-order valence-corrected chi connectivity index (χ0v) is 14.5. The van der Waals surface area contributed by atoms with Crippen molar-refractivity contribution in [3.63, 3.8) is 0 Å². The molecule has 0 aliphatic rings. The molecule has 0 bridgehead atoms. The molecule has 0 spiro atoms. The first-order valence-electron chi connectivity index (χ1n) is 7.42. The van der Waals surface area contributed by atoms with Gasteiger partial charge in [-0.1, -0.05) is 23.7 Å². The Labute approximate surface area is 145 Å². The second-order valence-electron chi connectivity index (χ2n) is 5.53. The average Bonchev–Trinajstić information content (AvgIpc) is 2.51. The van der Waals surface area contributed by atoms with Crippen LogP contribution in [0, 0.1) is 13.8 Å². The molecule has 2 amide bonds. The zero-order valence-electron chi connectivity index (χ0n) is 13.7. The number of aryl methyl sites for hydroxylation is 1. The van der Waals surface area contributed by atoms with Gasteiger partial charge in [0.25, 0.3) is 11.8 Å². The molecule has 3 N–H and O–H groups in total. The lowest BCUT2D eigenvalue weighted by Gasteiger charge is -2.18. The van der Waals surface area contributed by atoms with E-state index in [0.717, 1.165) is 11.1 Å².